The van der Waals surface area contributed by atoms with E-state index in [-0.39, 0.29) is 0 Å². The Labute approximate surface area is 124 Å². The third kappa shape index (κ3) is 2.49. The lowest BCUT2D eigenvalue weighted by Crippen LogP contribution is -2.30. The second-order valence-corrected chi connectivity index (χ2v) is 5.54. The van der Waals surface area contributed by atoms with Gasteiger partial charge in [-0.05, 0) is 50.3 Å². The van der Waals surface area contributed by atoms with E-state index >= 15 is 0 Å². The number of nitriles is 1. The third-order valence-corrected chi connectivity index (χ3v) is 4.15. The van der Waals surface area contributed by atoms with Crippen molar-refractivity contribution in [2.24, 2.45) is 0 Å². The van der Waals surface area contributed by atoms with E-state index in [1.807, 2.05) is 12.1 Å². The summed E-state index contributed by atoms with van der Waals surface area (Å²) in [6.45, 7) is 6.04. The zero-order valence-corrected chi connectivity index (χ0v) is 12.5. The van der Waals surface area contributed by atoms with Crippen LogP contribution in [0.3, 0.4) is 0 Å². The molecule has 21 heavy (non-hydrogen) atoms. The van der Waals surface area contributed by atoms with E-state index in [0.717, 1.165) is 43.0 Å². The number of aromatic nitrogens is 3. The van der Waals surface area contributed by atoms with Crippen LogP contribution in [0.5, 0.6) is 0 Å². The average Bonchev–Trinajstić information content (AvgIpc) is 2.95. The fourth-order valence-electron chi connectivity index (χ4n) is 2.75. The minimum absolute atomic E-state index is 0.415. The molecule has 2 heterocycles. The summed E-state index contributed by atoms with van der Waals surface area (Å²) < 4.78 is 0. The maximum absolute atomic E-state index is 9.34. The number of nitrogens with zero attached hydrogens (tertiary/aromatic N) is 5. The second-order valence-electron chi connectivity index (χ2n) is 5.54. The quantitative estimate of drug-likeness (QED) is 0.849. The van der Waals surface area contributed by atoms with Gasteiger partial charge in [0, 0.05) is 13.1 Å². The first-order valence-electron chi connectivity index (χ1n) is 7.39. The van der Waals surface area contributed by atoms with Crippen molar-refractivity contribution in [2.75, 3.05) is 18.0 Å². The molecule has 0 saturated carbocycles. The largest absolute Gasteiger partial charge is 0.353 e. The van der Waals surface area contributed by atoms with Crippen molar-refractivity contribution in [1.82, 2.24) is 15.0 Å². The topological polar surface area (TPSA) is 57.7 Å². The van der Waals surface area contributed by atoms with Gasteiger partial charge in [0.15, 0.2) is 5.82 Å². The first-order valence-corrected chi connectivity index (χ1v) is 7.39. The Morgan fingerprint density at radius 3 is 2.57 bits per heavy atom. The van der Waals surface area contributed by atoms with Crippen LogP contribution in [0.15, 0.2) is 18.2 Å². The normalized spacial score (nSPS) is 15.0. The summed E-state index contributed by atoms with van der Waals surface area (Å²) in [5, 5.41) is 18.3. The molecule has 0 radical (unpaired) electrons. The summed E-state index contributed by atoms with van der Waals surface area (Å²) in [5.41, 5.74) is 3.69. The lowest BCUT2D eigenvalue weighted by atomic mass is 10.1. The molecule has 1 aliphatic rings. The minimum atomic E-state index is 0.415. The molecule has 2 aromatic rings. The molecule has 0 atom stereocenters. The van der Waals surface area contributed by atoms with Crippen LogP contribution in [0.25, 0.3) is 5.69 Å². The predicted molar refractivity (Wildman–Crippen MR) is 81.6 cm³/mol. The van der Waals surface area contributed by atoms with Crippen LogP contribution >= 0.6 is 0 Å². The van der Waals surface area contributed by atoms with Gasteiger partial charge in [0.05, 0.1) is 5.69 Å². The molecule has 0 unspecified atom stereocenters. The molecule has 1 aromatic carbocycles. The number of hydrogen-bond acceptors (Lipinski definition) is 4. The second kappa shape index (κ2) is 5.57. The first kappa shape index (κ1) is 13.6. The molecule has 3 rings (SSSR count). The molecule has 0 bridgehead atoms. The molecule has 0 aliphatic carbocycles. The lowest BCUT2D eigenvalue weighted by molar-refractivity contribution is 0.571. The van der Waals surface area contributed by atoms with Crippen molar-refractivity contribution in [3.63, 3.8) is 0 Å². The number of piperidine rings is 1. The Bertz CT molecular complexity index is 689. The van der Waals surface area contributed by atoms with Gasteiger partial charge in [0.2, 0.25) is 5.69 Å². The van der Waals surface area contributed by atoms with Crippen molar-refractivity contribution >= 4 is 5.82 Å². The highest BCUT2D eigenvalue weighted by atomic mass is 15.5. The summed E-state index contributed by atoms with van der Waals surface area (Å²) in [5.74, 6) is 0.720. The molecule has 5 heteroatoms. The van der Waals surface area contributed by atoms with E-state index < -0.39 is 0 Å². The van der Waals surface area contributed by atoms with Crippen LogP contribution in [-0.2, 0) is 0 Å². The highest BCUT2D eigenvalue weighted by Crippen LogP contribution is 2.23. The minimum Gasteiger partial charge on any atom is -0.353 e. The van der Waals surface area contributed by atoms with E-state index in [2.05, 4.69) is 41.1 Å². The van der Waals surface area contributed by atoms with E-state index in [0.29, 0.717) is 5.69 Å². The van der Waals surface area contributed by atoms with Crippen LogP contribution in [-0.4, -0.2) is 28.1 Å². The van der Waals surface area contributed by atoms with Gasteiger partial charge in [0.1, 0.15) is 6.07 Å². The molecule has 0 amide bonds. The maximum Gasteiger partial charge on any atom is 0.207 e. The van der Waals surface area contributed by atoms with Crippen molar-refractivity contribution in [2.45, 2.75) is 33.1 Å². The molecule has 5 nitrogen and oxygen atoms in total. The summed E-state index contributed by atoms with van der Waals surface area (Å²) >= 11 is 0. The molecule has 0 spiro atoms. The van der Waals surface area contributed by atoms with Crippen molar-refractivity contribution in [3.05, 3.63) is 35.0 Å². The average molecular weight is 281 g/mol. The van der Waals surface area contributed by atoms with Crippen LogP contribution in [0.1, 0.15) is 36.1 Å². The molecule has 1 fully saturated rings. The van der Waals surface area contributed by atoms with Gasteiger partial charge in [-0.1, -0.05) is 12.1 Å². The van der Waals surface area contributed by atoms with Crippen molar-refractivity contribution in [3.8, 4) is 11.8 Å². The summed E-state index contributed by atoms with van der Waals surface area (Å²) in [6.07, 6.45) is 3.56. The van der Waals surface area contributed by atoms with Gasteiger partial charge in [-0.25, -0.2) is 0 Å². The molecule has 108 valence electrons. The van der Waals surface area contributed by atoms with Gasteiger partial charge in [-0.3, -0.25) is 0 Å². The number of aryl methyl sites for hydroxylation is 1. The fourth-order valence-corrected chi connectivity index (χ4v) is 2.75. The Morgan fingerprint density at radius 1 is 1.10 bits per heavy atom. The Morgan fingerprint density at radius 2 is 1.86 bits per heavy atom. The van der Waals surface area contributed by atoms with E-state index in [9.17, 15) is 5.26 Å². The molecule has 1 aromatic heterocycles. The molecule has 0 N–H and O–H groups in total. The Hall–Kier alpha value is -2.35. The summed E-state index contributed by atoms with van der Waals surface area (Å²) in [7, 11) is 0. The summed E-state index contributed by atoms with van der Waals surface area (Å²) in [6, 6.07) is 8.23. The van der Waals surface area contributed by atoms with Crippen molar-refractivity contribution < 1.29 is 0 Å². The first-order chi connectivity index (χ1) is 10.2. The molecule has 1 saturated heterocycles. The van der Waals surface area contributed by atoms with Gasteiger partial charge in [-0.2, -0.15) is 5.26 Å². The zero-order chi connectivity index (χ0) is 14.8. The Kier molecular flexibility index (Phi) is 3.61. The van der Waals surface area contributed by atoms with Crippen LogP contribution < -0.4 is 4.90 Å². The monoisotopic (exact) mass is 281 g/mol. The SMILES string of the molecule is Cc1cccc(-n2nc(C#N)c(N3CCCCC3)n2)c1C. The highest BCUT2D eigenvalue weighted by molar-refractivity contribution is 5.51. The van der Waals surface area contributed by atoms with Gasteiger partial charge in [-0.15, -0.1) is 15.0 Å². The lowest BCUT2D eigenvalue weighted by Gasteiger charge is -2.26. The van der Waals surface area contributed by atoms with Crippen LogP contribution in [0.4, 0.5) is 5.82 Å². The maximum atomic E-state index is 9.34. The number of anilines is 1. The smallest absolute Gasteiger partial charge is 0.207 e. The van der Waals surface area contributed by atoms with Crippen LogP contribution in [0, 0.1) is 25.2 Å². The van der Waals surface area contributed by atoms with Crippen LogP contribution in [0.2, 0.25) is 0 Å². The zero-order valence-electron chi connectivity index (χ0n) is 12.5. The van der Waals surface area contributed by atoms with Crippen molar-refractivity contribution in [1.29, 1.82) is 5.26 Å². The van der Waals surface area contributed by atoms with Gasteiger partial charge in [0.25, 0.3) is 0 Å². The molecule has 1 aliphatic heterocycles. The van der Waals surface area contributed by atoms with E-state index in [1.54, 1.807) is 4.80 Å². The predicted octanol–water partition coefficient (Wildman–Crippen LogP) is 2.75. The van der Waals surface area contributed by atoms with E-state index in [1.165, 1.54) is 12.0 Å². The highest BCUT2D eigenvalue weighted by Gasteiger charge is 2.20. The standard InChI is InChI=1S/C16H19N5/c1-12-7-6-8-15(13(12)2)21-18-14(11-17)16(19-21)20-9-4-3-5-10-20/h6-8H,3-5,9-10H2,1-2H3. The Balaban J connectivity index is 2.03. The number of rotatable bonds is 2. The molecular formula is C16H19N5. The number of benzene rings is 1. The van der Waals surface area contributed by atoms with Gasteiger partial charge < -0.3 is 4.90 Å². The third-order valence-electron chi connectivity index (χ3n) is 4.15. The van der Waals surface area contributed by atoms with Gasteiger partial charge >= 0.3 is 0 Å². The van der Waals surface area contributed by atoms with E-state index in [4.69, 9.17) is 0 Å². The fraction of sp³-hybridized carbons (Fsp3) is 0.438. The molecular weight excluding hydrogens is 262 g/mol. The summed E-state index contributed by atoms with van der Waals surface area (Å²) in [4.78, 5) is 3.78. The number of hydrogen-bond donors (Lipinski definition) is 0.